The molecule has 0 saturated carbocycles. The Balaban J connectivity index is 1.26. The van der Waals surface area contributed by atoms with Crippen molar-refractivity contribution in [3.05, 3.63) is 224 Å². The van der Waals surface area contributed by atoms with Crippen LogP contribution in [-0.2, 0) is 0 Å². The maximum absolute atomic E-state index is 2.44. The fourth-order valence-corrected chi connectivity index (χ4v) is 8.16. The van der Waals surface area contributed by atoms with Crippen molar-refractivity contribution in [2.24, 2.45) is 0 Å². The Morgan fingerprint density at radius 1 is 0.255 bits per heavy atom. The molecule has 1 nitrogen and oxygen atoms in total. The molecule has 0 amide bonds. The Morgan fingerprint density at radius 3 is 1.38 bits per heavy atom. The molecule has 0 aliphatic heterocycles. The van der Waals surface area contributed by atoms with Crippen LogP contribution in [0.3, 0.4) is 0 Å². The molecule has 0 spiro atoms. The normalized spacial score (nSPS) is 11.3. The number of hydrogen-bond donors (Lipinski definition) is 0. The predicted molar refractivity (Wildman–Crippen MR) is 235 cm³/mol. The van der Waals surface area contributed by atoms with E-state index in [2.05, 4.69) is 229 Å². The smallest absolute Gasteiger partial charge is 0.0546 e. The van der Waals surface area contributed by atoms with Gasteiger partial charge in [-0.05, 0) is 114 Å². The van der Waals surface area contributed by atoms with Gasteiger partial charge in [0.2, 0.25) is 0 Å². The van der Waals surface area contributed by atoms with Crippen molar-refractivity contribution in [3.8, 4) is 44.5 Å². The van der Waals surface area contributed by atoms with Crippen LogP contribution in [0.15, 0.2) is 224 Å². The molecular weight excluding hydrogens is 663 g/mol. The summed E-state index contributed by atoms with van der Waals surface area (Å²) >= 11 is 0. The van der Waals surface area contributed by atoms with Crippen LogP contribution in [0, 0.1) is 0 Å². The summed E-state index contributed by atoms with van der Waals surface area (Å²) in [4.78, 5) is 2.44. The average molecular weight is 700 g/mol. The van der Waals surface area contributed by atoms with E-state index in [1.165, 1.54) is 76.8 Å². The van der Waals surface area contributed by atoms with Gasteiger partial charge in [0.1, 0.15) is 0 Å². The molecule has 1 heteroatoms. The first-order valence-corrected chi connectivity index (χ1v) is 18.9. The molecule has 0 fully saturated rings. The minimum absolute atomic E-state index is 1.09. The first-order chi connectivity index (χ1) is 27.3. The van der Waals surface area contributed by atoms with Gasteiger partial charge in [0.25, 0.3) is 0 Å². The summed E-state index contributed by atoms with van der Waals surface area (Å²) in [5.74, 6) is 0. The third-order valence-electron chi connectivity index (χ3n) is 10.8. The van der Waals surface area contributed by atoms with Crippen molar-refractivity contribution in [1.82, 2.24) is 0 Å². The molecule has 10 aromatic carbocycles. The van der Waals surface area contributed by atoms with Crippen LogP contribution in [-0.4, -0.2) is 0 Å². The van der Waals surface area contributed by atoms with Crippen LogP contribution in [0.2, 0.25) is 0 Å². The van der Waals surface area contributed by atoms with Gasteiger partial charge in [0.15, 0.2) is 0 Å². The molecule has 0 aliphatic rings. The topological polar surface area (TPSA) is 3.24 Å². The number of benzene rings is 10. The lowest BCUT2D eigenvalue weighted by Gasteiger charge is -2.30. The molecule has 55 heavy (non-hydrogen) atoms. The van der Waals surface area contributed by atoms with Crippen molar-refractivity contribution in [2.75, 3.05) is 4.90 Å². The lowest BCUT2D eigenvalue weighted by atomic mass is 9.87. The minimum atomic E-state index is 1.09. The number of nitrogens with zero attached hydrogens (tertiary/aromatic N) is 1. The third-order valence-corrected chi connectivity index (χ3v) is 10.8. The van der Waals surface area contributed by atoms with Crippen LogP contribution in [0.5, 0.6) is 0 Å². The molecule has 10 aromatic rings. The summed E-state index contributed by atoms with van der Waals surface area (Å²) in [6.07, 6.45) is 0. The van der Waals surface area contributed by atoms with E-state index in [4.69, 9.17) is 0 Å². The first kappa shape index (κ1) is 32.4. The van der Waals surface area contributed by atoms with E-state index in [-0.39, 0.29) is 0 Å². The zero-order valence-corrected chi connectivity index (χ0v) is 30.3. The lowest BCUT2D eigenvalue weighted by Crippen LogP contribution is -2.12. The highest BCUT2D eigenvalue weighted by atomic mass is 15.1. The number of fused-ring (bicyclic) bond motifs is 4. The van der Waals surface area contributed by atoms with E-state index in [1.54, 1.807) is 0 Å². The van der Waals surface area contributed by atoms with Crippen molar-refractivity contribution in [2.45, 2.75) is 0 Å². The molecule has 0 aromatic heterocycles. The number of anilines is 3. The van der Waals surface area contributed by atoms with Gasteiger partial charge in [-0.1, -0.05) is 182 Å². The summed E-state index contributed by atoms with van der Waals surface area (Å²) in [7, 11) is 0. The second kappa shape index (κ2) is 14.0. The summed E-state index contributed by atoms with van der Waals surface area (Å²) in [5.41, 5.74) is 12.9. The van der Waals surface area contributed by atoms with E-state index >= 15 is 0 Å². The fraction of sp³-hybridized carbons (Fsp3) is 0. The maximum Gasteiger partial charge on any atom is 0.0546 e. The Hall–Kier alpha value is -7.22. The highest BCUT2D eigenvalue weighted by Crippen LogP contribution is 2.49. The summed E-state index contributed by atoms with van der Waals surface area (Å²) in [5, 5.41) is 7.43. The molecule has 0 N–H and O–H groups in total. The summed E-state index contributed by atoms with van der Waals surface area (Å²) < 4.78 is 0. The number of rotatable bonds is 7. The van der Waals surface area contributed by atoms with E-state index in [0.717, 1.165) is 17.1 Å². The van der Waals surface area contributed by atoms with Gasteiger partial charge in [-0.25, -0.2) is 0 Å². The highest BCUT2D eigenvalue weighted by molar-refractivity contribution is 6.16. The third kappa shape index (κ3) is 6.02. The van der Waals surface area contributed by atoms with Gasteiger partial charge >= 0.3 is 0 Å². The van der Waals surface area contributed by atoms with Crippen LogP contribution < -0.4 is 4.90 Å². The quantitative estimate of drug-likeness (QED) is 0.150. The van der Waals surface area contributed by atoms with Crippen LogP contribution in [0.4, 0.5) is 17.1 Å². The van der Waals surface area contributed by atoms with Crippen molar-refractivity contribution in [3.63, 3.8) is 0 Å². The molecule has 0 heterocycles. The van der Waals surface area contributed by atoms with Crippen LogP contribution >= 0.6 is 0 Å². The molecule has 0 radical (unpaired) electrons. The Kier molecular flexibility index (Phi) is 8.24. The average Bonchev–Trinajstić information content (AvgIpc) is 3.27. The molecule has 0 unspecified atom stereocenters. The number of hydrogen-bond acceptors (Lipinski definition) is 1. The van der Waals surface area contributed by atoms with Gasteiger partial charge in [-0.2, -0.15) is 0 Å². The summed E-state index contributed by atoms with van der Waals surface area (Å²) in [6.45, 7) is 0. The van der Waals surface area contributed by atoms with E-state index < -0.39 is 0 Å². The molecule has 0 bridgehead atoms. The standard InChI is InChI=1S/C54H37N/c1-3-14-38(15-4-1)41-28-32-46(33-29-41)55(47-34-30-42(31-35-47)39-16-5-2-6-17-39)53-25-13-24-49(45-27-26-40-18-7-8-19-43(40)36-45)54(53)52-37-44-20-9-10-21-48(44)50-22-11-12-23-51(50)52/h1-37H. The van der Waals surface area contributed by atoms with Gasteiger partial charge in [0, 0.05) is 16.9 Å². The largest absolute Gasteiger partial charge is 0.310 e. The maximum atomic E-state index is 2.44. The van der Waals surface area contributed by atoms with Crippen LogP contribution in [0.25, 0.3) is 76.8 Å². The Morgan fingerprint density at radius 2 is 0.745 bits per heavy atom. The highest BCUT2D eigenvalue weighted by Gasteiger charge is 2.23. The van der Waals surface area contributed by atoms with Crippen LogP contribution in [0.1, 0.15) is 0 Å². The zero-order valence-electron chi connectivity index (χ0n) is 30.3. The zero-order chi connectivity index (χ0) is 36.6. The molecule has 0 aliphatic carbocycles. The fourth-order valence-electron chi connectivity index (χ4n) is 8.16. The Bertz CT molecular complexity index is 2860. The molecular formula is C54H37N. The SMILES string of the molecule is c1ccc(-c2ccc(N(c3ccc(-c4ccccc4)cc3)c3cccc(-c4ccc5ccccc5c4)c3-c3cc4ccccc4c4ccccc34)cc2)cc1. The second-order valence-electron chi connectivity index (χ2n) is 14.1. The Labute approximate surface area is 322 Å². The molecule has 0 saturated heterocycles. The predicted octanol–water partition coefficient (Wildman–Crippen LogP) is 15.3. The van der Waals surface area contributed by atoms with Gasteiger partial charge < -0.3 is 4.90 Å². The first-order valence-electron chi connectivity index (χ1n) is 18.9. The molecule has 258 valence electrons. The van der Waals surface area contributed by atoms with Crippen molar-refractivity contribution < 1.29 is 0 Å². The van der Waals surface area contributed by atoms with Gasteiger partial charge in [-0.3, -0.25) is 0 Å². The van der Waals surface area contributed by atoms with E-state index in [1.807, 2.05) is 0 Å². The van der Waals surface area contributed by atoms with E-state index in [0.29, 0.717) is 0 Å². The second-order valence-corrected chi connectivity index (χ2v) is 14.1. The van der Waals surface area contributed by atoms with Gasteiger partial charge in [0.05, 0.1) is 5.69 Å². The molecule has 10 rings (SSSR count). The minimum Gasteiger partial charge on any atom is -0.310 e. The van der Waals surface area contributed by atoms with E-state index in [9.17, 15) is 0 Å². The lowest BCUT2D eigenvalue weighted by molar-refractivity contribution is 1.28. The molecule has 0 atom stereocenters. The van der Waals surface area contributed by atoms with Crippen molar-refractivity contribution in [1.29, 1.82) is 0 Å². The monoisotopic (exact) mass is 699 g/mol. The van der Waals surface area contributed by atoms with Crippen molar-refractivity contribution >= 4 is 49.4 Å². The summed E-state index contributed by atoms with van der Waals surface area (Å²) in [6, 6.07) is 81.6. The van der Waals surface area contributed by atoms with Gasteiger partial charge in [-0.15, -0.1) is 0 Å².